The zero-order chi connectivity index (χ0) is 17.9. The third-order valence-electron chi connectivity index (χ3n) is 4.94. The van der Waals surface area contributed by atoms with Crippen molar-refractivity contribution in [1.82, 2.24) is 0 Å². The first-order valence-corrected chi connectivity index (χ1v) is 19.2. The zero-order valence-corrected chi connectivity index (χ0v) is 20.5. The van der Waals surface area contributed by atoms with E-state index in [9.17, 15) is 0 Å². The Morgan fingerprint density at radius 2 is 1.46 bits per heavy atom. The molecule has 0 N–H and O–H groups in total. The van der Waals surface area contributed by atoms with Crippen LogP contribution >= 0.6 is 17.2 Å². The quantitative estimate of drug-likeness (QED) is 0.322. The van der Waals surface area contributed by atoms with Gasteiger partial charge in [-0.25, -0.2) is 0 Å². The molecule has 0 radical (unpaired) electrons. The van der Waals surface area contributed by atoms with Crippen LogP contribution in [0, 0.1) is 0 Å². The average Bonchev–Trinajstić information content (AvgIpc) is 2.81. The van der Waals surface area contributed by atoms with E-state index in [1.165, 1.54) is 36.7 Å². The van der Waals surface area contributed by atoms with Crippen molar-refractivity contribution in [2.45, 2.75) is 58.8 Å². The summed E-state index contributed by atoms with van der Waals surface area (Å²) in [5.41, 5.74) is 8.51. The van der Waals surface area contributed by atoms with E-state index in [1.807, 2.05) is 0 Å². The average molecular weight is 527 g/mol. The van der Waals surface area contributed by atoms with Gasteiger partial charge in [0.1, 0.15) is 0 Å². The van der Waals surface area contributed by atoms with Crippen LogP contribution in [-0.4, -0.2) is 0 Å². The summed E-state index contributed by atoms with van der Waals surface area (Å²) in [6.45, 7) is 13.6. The van der Waals surface area contributed by atoms with Crippen LogP contribution in [0.4, 0.5) is 0 Å². The molecule has 3 rings (SSSR count). The predicted octanol–water partition coefficient (Wildman–Crippen LogP) is 6.40. The van der Waals surface area contributed by atoms with Crippen molar-refractivity contribution >= 4 is 20.5 Å². The summed E-state index contributed by atoms with van der Waals surface area (Å²) in [6, 6.07) is 11.5. The second kappa shape index (κ2) is 6.25. The molecule has 0 spiro atoms. The molecule has 0 aliphatic heterocycles. The van der Waals surface area contributed by atoms with Gasteiger partial charge in [0.25, 0.3) is 0 Å². The van der Waals surface area contributed by atoms with Crippen molar-refractivity contribution in [2.75, 3.05) is 0 Å². The van der Waals surface area contributed by atoms with Crippen molar-refractivity contribution in [2.24, 2.45) is 0 Å². The standard InChI is InChI=1S/C21H25.2ClH.Hf/c1-20(2,3)16-7-9-18-14(12-16)11-15-13-17(21(4,5)6)8-10-19(15)18;;;/h7-10,12H,11H2,1-6H3;2*1H;/q;;;+2/p-2. The second-order valence-electron chi connectivity index (χ2n) is 8.82. The van der Waals surface area contributed by atoms with Gasteiger partial charge in [0.05, 0.1) is 0 Å². The van der Waals surface area contributed by atoms with E-state index < -0.39 is 19.1 Å². The molecule has 24 heavy (non-hydrogen) atoms. The van der Waals surface area contributed by atoms with Crippen LogP contribution in [0.25, 0.3) is 11.1 Å². The van der Waals surface area contributed by atoms with Crippen molar-refractivity contribution in [1.29, 1.82) is 0 Å². The molecule has 1 aliphatic rings. The van der Waals surface area contributed by atoms with E-state index in [0.29, 0.717) is 0 Å². The van der Waals surface area contributed by atoms with Gasteiger partial charge in [-0.2, -0.15) is 0 Å². The Bertz CT molecular complexity index is 793. The third-order valence-corrected chi connectivity index (χ3v) is 11.4. The van der Waals surface area contributed by atoms with Gasteiger partial charge < -0.3 is 0 Å². The summed E-state index contributed by atoms with van der Waals surface area (Å²) in [5.74, 6) is 0. The first-order chi connectivity index (χ1) is 11.0. The number of fused-ring (bicyclic) bond motifs is 3. The van der Waals surface area contributed by atoms with Gasteiger partial charge in [-0.1, -0.05) is 0 Å². The summed E-state index contributed by atoms with van der Waals surface area (Å²) >= 11 is -2.72. The minimum absolute atomic E-state index is 0.0788. The Kier molecular flexibility index (Phi) is 4.86. The van der Waals surface area contributed by atoms with E-state index in [2.05, 4.69) is 71.9 Å². The predicted molar refractivity (Wildman–Crippen MR) is 103 cm³/mol. The molecule has 0 unspecified atom stereocenters. The summed E-state index contributed by atoms with van der Waals surface area (Å²) in [4.78, 5) is 0. The topological polar surface area (TPSA) is 0 Å². The van der Waals surface area contributed by atoms with Gasteiger partial charge in [0.15, 0.2) is 0 Å². The number of benzene rings is 2. The van der Waals surface area contributed by atoms with E-state index >= 15 is 0 Å². The van der Waals surface area contributed by atoms with Gasteiger partial charge in [-0.3, -0.25) is 0 Å². The minimum atomic E-state index is -2.72. The van der Waals surface area contributed by atoms with Crippen molar-refractivity contribution in [3.05, 3.63) is 52.6 Å². The third kappa shape index (κ3) is 3.29. The van der Waals surface area contributed by atoms with E-state index in [1.54, 1.807) is 0 Å². The fourth-order valence-electron chi connectivity index (χ4n) is 3.58. The van der Waals surface area contributed by atoms with Crippen molar-refractivity contribution in [3.63, 3.8) is 0 Å². The second-order valence-corrected chi connectivity index (χ2v) is 20.3. The summed E-state index contributed by atoms with van der Waals surface area (Å²) in [5, 5.41) is 0. The van der Waals surface area contributed by atoms with Crippen molar-refractivity contribution in [3.8, 4) is 11.1 Å². The van der Waals surface area contributed by atoms with Gasteiger partial charge in [-0.05, 0) is 0 Å². The van der Waals surface area contributed by atoms with Crippen LogP contribution in [0.15, 0.2) is 30.3 Å². The summed E-state index contributed by atoms with van der Waals surface area (Å²) in [6.07, 6.45) is 0.974. The first kappa shape index (κ1) is 18.7. The van der Waals surface area contributed by atoms with Crippen LogP contribution in [0.1, 0.15) is 63.8 Å². The molecule has 0 fully saturated rings. The fraction of sp³-hybridized carbons (Fsp3) is 0.429. The molecular weight excluding hydrogens is 502 g/mol. The number of halogens is 2. The van der Waals surface area contributed by atoms with Crippen LogP contribution in [-0.2, 0) is 36.3 Å². The summed E-state index contributed by atoms with van der Waals surface area (Å²) < 4.78 is 1.32. The number of hydrogen-bond acceptors (Lipinski definition) is 0. The van der Waals surface area contributed by atoms with Crippen molar-refractivity contribution < 1.29 is 19.1 Å². The molecule has 0 nitrogen and oxygen atoms in total. The SMILES string of the molecule is CC(C)(C)c1ccc2c(c1)Cc1c-2ccc(C(C)(C)C)[c]1[Hf]([Cl])[Cl]. The Hall–Kier alpha value is -0.110. The Morgan fingerprint density at radius 3 is 2.00 bits per heavy atom. The van der Waals surface area contributed by atoms with Crippen LogP contribution in [0.3, 0.4) is 0 Å². The molecular formula is C21H25Cl2Hf. The van der Waals surface area contributed by atoms with E-state index in [-0.39, 0.29) is 10.8 Å². The first-order valence-electron chi connectivity index (χ1n) is 8.48. The zero-order valence-electron chi connectivity index (χ0n) is 15.3. The molecule has 127 valence electrons. The fourth-order valence-corrected chi connectivity index (χ4v) is 11.1. The molecule has 0 bridgehead atoms. The molecule has 2 aromatic rings. The monoisotopic (exact) mass is 527 g/mol. The molecule has 0 aromatic heterocycles. The molecule has 0 heterocycles. The molecule has 0 saturated heterocycles. The van der Waals surface area contributed by atoms with E-state index in [4.69, 9.17) is 17.2 Å². The van der Waals surface area contributed by atoms with Gasteiger partial charge >= 0.3 is 162 Å². The van der Waals surface area contributed by atoms with Gasteiger partial charge in [0.2, 0.25) is 0 Å². The molecule has 3 heteroatoms. The summed E-state index contributed by atoms with van der Waals surface area (Å²) in [7, 11) is 13.2. The maximum absolute atomic E-state index is 6.62. The van der Waals surface area contributed by atoms with Gasteiger partial charge in [0, 0.05) is 0 Å². The molecule has 0 saturated carbocycles. The van der Waals surface area contributed by atoms with Crippen LogP contribution in [0.5, 0.6) is 0 Å². The maximum atomic E-state index is 6.62. The molecule has 0 atom stereocenters. The Morgan fingerprint density at radius 1 is 0.833 bits per heavy atom. The van der Waals surface area contributed by atoms with Crippen LogP contribution < -0.4 is 3.32 Å². The Labute approximate surface area is 161 Å². The van der Waals surface area contributed by atoms with Crippen LogP contribution in [0.2, 0.25) is 0 Å². The normalized spacial score (nSPS) is 13.7. The number of hydrogen-bond donors (Lipinski definition) is 0. The van der Waals surface area contributed by atoms with E-state index in [0.717, 1.165) is 6.42 Å². The molecule has 0 amide bonds. The molecule has 2 aromatic carbocycles. The number of rotatable bonds is 1. The van der Waals surface area contributed by atoms with Gasteiger partial charge in [-0.15, -0.1) is 0 Å². The molecule has 1 aliphatic carbocycles. The Balaban J connectivity index is 2.19.